The van der Waals surface area contributed by atoms with Gasteiger partial charge >= 0.3 is 0 Å². The van der Waals surface area contributed by atoms with Crippen molar-refractivity contribution in [2.75, 3.05) is 19.6 Å². The fraction of sp³-hybridized carbons (Fsp3) is 0.846. The van der Waals surface area contributed by atoms with Crippen molar-refractivity contribution in [2.24, 2.45) is 10.7 Å². The first-order valence-corrected chi connectivity index (χ1v) is 6.94. The van der Waals surface area contributed by atoms with E-state index in [1.807, 2.05) is 13.8 Å². The zero-order valence-electron chi connectivity index (χ0n) is 12.0. The molecular formula is C13H27IN4O. The lowest BCUT2D eigenvalue weighted by Gasteiger charge is -2.21. The van der Waals surface area contributed by atoms with Gasteiger partial charge in [-0.3, -0.25) is 9.79 Å². The Bertz CT molecular complexity index is 286. The number of carbonyl (C=O) groups excluding carboxylic acids is 1. The molecule has 0 aromatic heterocycles. The van der Waals surface area contributed by atoms with Gasteiger partial charge in [-0.15, -0.1) is 24.0 Å². The minimum Gasteiger partial charge on any atom is -0.370 e. The Hall–Kier alpha value is -0.530. The van der Waals surface area contributed by atoms with Crippen LogP contribution in [0.5, 0.6) is 0 Å². The van der Waals surface area contributed by atoms with Crippen molar-refractivity contribution in [3.05, 3.63) is 0 Å². The summed E-state index contributed by atoms with van der Waals surface area (Å²) in [5.74, 6) is 0.631. The van der Waals surface area contributed by atoms with E-state index in [2.05, 4.69) is 15.2 Å². The van der Waals surface area contributed by atoms with E-state index in [0.29, 0.717) is 18.9 Å². The van der Waals surface area contributed by atoms with E-state index < -0.39 is 0 Å². The number of hydrogen-bond acceptors (Lipinski definition) is 2. The van der Waals surface area contributed by atoms with Crippen LogP contribution in [0.3, 0.4) is 0 Å². The maximum atomic E-state index is 11.4. The summed E-state index contributed by atoms with van der Waals surface area (Å²) < 4.78 is 0. The normalized spacial score (nSPS) is 16.8. The van der Waals surface area contributed by atoms with Crippen molar-refractivity contribution in [2.45, 2.75) is 52.0 Å². The largest absolute Gasteiger partial charge is 0.370 e. The molecule has 0 aliphatic carbocycles. The second kappa shape index (κ2) is 10.3. The van der Waals surface area contributed by atoms with E-state index in [9.17, 15) is 4.79 Å². The van der Waals surface area contributed by atoms with E-state index in [1.165, 1.54) is 25.7 Å². The van der Waals surface area contributed by atoms with Crippen LogP contribution in [0.25, 0.3) is 0 Å². The van der Waals surface area contributed by atoms with Gasteiger partial charge in [-0.1, -0.05) is 12.8 Å². The Labute approximate surface area is 133 Å². The second-order valence-corrected chi connectivity index (χ2v) is 5.11. The minimum absolute atomic E-state index is 0. The monoisotopic (exact) mass is 382 g/mol. The number of nitrogens with one attached hydrogen (secondary N) is 1. The standard InChI is InChI=1S/C13H26N4O.HI/c1-11(2)16-12(18)7-8-15-13(14)17-9-5-3-4-6-10-17;/h11H,3-10H2,1-2H3,(H2,14,15)(H,16,18);1H. The summed E-state index contributed by atoms with van der Waals surface area (Å²) in [5, 5.41) is 2.84. The topological polar surface area (TPSA) is 70.7 Å². The number of nitrogens with two attached hydrogens (primary N) is 1. The molecule has 1 rings (SSSR count). The minimum atomic E-state index is 0. The van der Waals surface area contributed by atoms with Crippen LogP contribution in [-0.2, 0) is 4.79 Å². The van der Waals surface area contributed by atoms with Crippen molar-refractivity contribution in [1.82, 2.24) is 10.2 Å². The molecule has 6 heteroatoms. The Morgan fingerprint density at radius 2 is 1.84 bits per heavy atom. The number of halogens is 1. The molecule has 0 spiro atoms. The molecular weight excluding hydrogens is 355 g/mol. The van der Waals surface area contributed by atoms with Crippen LogP contribution >= 0.6 is 24.0 Å². The SMILES string of the molecule is CC(C)NC(=O)CCN=C(N)N1CCCCCC1.I. The van der Waals surface area contributed by atoms with Crippen LogP contribution < -0.4 is 11.1 Å². The summed E-state index contributed by atoms with van der Waals surface area (Å²) >= 11 is 0. The molecule has 5 nitrogen and oxygen atoms in total. The second-order valence-electron chi connectivity index (χ2n) is 5.11. The van der Waals surface area contributed by atoms with Gasteiger partial charge in [0.15, 0.2) is 5.96 Å². The van der Waals surface area contributed by atoms with Gasteiger partial charge in [-0.2, -0.15) is 0 Å². The lowest BCUT2D eigenvalue weighted by molar-refractivity contribution is -0.121. The Kier molecular flexibility index (Phi) is 9.99. The average Bonchev–Trinajstić information content (AvgIpc) is 2.56. The zero-order valence-corrected chi connectivity index (χ0v) is 14.4. The van der Waals surface area contributed by atoms with Crippen molar-refractivity contribution >= 4 is 35.8 Å². The smallest absolute Gasteiger partial charge is 0.222 e. The lowest BCUT2D eigenvalue weighted by atomic mass is 10.2. The molecule has 1 saturated heterocycles. The average molecular weight is 382 g/mol. The number of aliphatic imine (C=N–C) groups is 1. The fourth-order valence-electron chi connectivity index (χ4n) is 2.07. The molecule has 0 aromatic carbocycles. The summed E-state index contributed by atoms with van der Waals surface area (Å²) in [5.41, 5.74) is 5.95. The highest BCUT2D eigenvalue weighted by Crippen LogP contribution is 2.09. The van der Waals surface area contributed by atoms with Gasteiger partial charge in [0.25, 0.3) is 0 Å². The number of hydrogen-bond donors (Lipinski definition) is 2. The first kappa shape index (κ1) is 18.5. The van der Waals surface area contributed by atoms with Crippen molar-refractivity contribution in [1.29, 1.82) is 0 Å². The summed E-state index contributed by atoms with van der Waals surface area (Å²) in [7, 11) is 0. The molecule has 1 aliphatic rings. The third kappa shape index (κ3) is 8.28. The number of guanidine groups is 1. The summed E-state index contributed by atoms with van der Waals surface area (Å²) in [4.78, 5) is 17.9. The van der Waals surface area contributed by atoms with Crippen molar-refractivity contribution in [3.63, 3.8) is 0 Å². The Balaban J connectivity index is 0.00000324. The molecule has 1 aliphatic heterocycles. The van der Waals surface area contributed by atoms with Crippen LogP contribution in [0.4, 0.5) is 0 Å². The van der Waals surface area contributed by atoms with E-state index in [1.54, 1.807) is 0 Å². The number of carbonyl (C=O) groups is 1. The molecule has 0 atom stereocenters. The predicted octanol–water partition coefficient (Wildman–Crippen LogP) is 1.71. The van der Waals surface area contributed by atoms with Gasteiger partial charge in [0.1, 0.15) is 0 Å². The fourth-order valence-corrected chi connectivity index (χ4v) is 2.07. The summed E-state index contributed by atoms with van der Waals surface area (Å²) in [6.07, 6.45) is 5.34. The third-order valence-corrected chi connectivity index (χ3v) is 2.99. The van der Waals surface area contributed by atoms with Crippen LogP contribution in [0.2, 0.25) is 0 Å². The molecule has 3 N–H and O–H groups in total. The quantitative estimate of drug-likeness (QED) is 0.442. The lowest BCUT2D eigenvalue weighted by Crippen LogP contribution is -2.38. The first-order chi connectivity index (χ1) is 8.59. The van der Waals surface area contributed by atoms with E-state index in [-0.39, 0.29) is 35.9 Å². The van der Waals surface area contributed by atoms with Crippen LogP contribution in [-0.4, -0.2) is 42.4 Å². The predicted molar refractivity (Wildman–Crippen MR) is 89.8 cm³/mol. The van der Waals surface area contributed by atoms with E-state index >= 15 is 0 Å². The van der Waals surface area contributed by atoms with Gasteiger partial charge in [-0.05, 0) is 26.7 Å². The molecule has 0 saturated carbocycles. The van der Waals surface area contributed by atoms with Gasteiger partial charge in [0.2, 0.25) is 5.91 Å². The molecule has 0 unspecified atom stereocenters. The molecule has 0 bridgehead atoms. The molecule has 0 radical (unpaired) electrons. The Morgan fingerprint density at radius 3 is 2.37 bits per heavy atom. The highest BCUT2D eigenvalue weighted by atomic mass is 127. The molecule has 1 fully saturated rings. The zero-order chi connectivity index (χ0) is 13.4. The highest BCUT2D eigenvalue weighted by molar-refractivity contribution is 14.0. The van der Waals surface area contributed by atoms with Crippen molar-refractivity contribution in [3.8, 4) is 0 Å². The molecule has 1 heterocycles. The van der Waals surface area contributed by atoms with Gasteiger partial charge in [-0.25, -0.2) is 0 Å². The molecule has 1 amide bonds. The third-order valence-electron chi connectivity index (χ3n) is 2.99. The van der Waals surface area contributed by atoms with Gasteiger partial charge in [0.05, 0.1) is 6.54 Å². The maximum absolute atomic E-state index is 11.4. The number of likely N-dealkylation sites (tertiary alicyclic amines) is 1. The van der Waals surface area contributed by atoms with Gasteiger partial charge in [0, 0.05) is 25.6 Å². The molecule has 112 valence electrons. The highest BCUT2D eigenvalue weighted by Gasteiger charge is 2.10. The van der Waals surface area contributed by atoms with Crippen LogP contribution in [0.1, 0.15) is 46.0 Å². The molecule has 19 heavy (non-hydrogen) atoms. The van der Waals surface area contributed by atoms with E-state index in [4.69, 9.17) is 5.73 Å². The number of rotatable bonds is 4. The van der Waals surface area contributed by atoms with Gasteiger partial charge < -0.3 is 16.0 Å². The number of nitrogens with zero attached hydrogens (tertiary/aromatic N) is 2. The van der Waals surface area contributed by atoms with E-state index in [0.717, 1.165) is 13.1 Å². The Morgan fingerprint density at radius 1 is 1.26 bits per heavy atom. The van der Waals surface area contributed by atoms with Crippen LogP contribution in [0, 0.1) is 0 Å². The summed E-state index contributed by atoms with van der Waals surface area (Å²) in [6, 6.07) is 0.185. The first-order valence-electron chi connectivity index (χ1n) is 6.94. The summed E-state index contributed by atoms with van der Waals surface area (Å²) in [6.45, 7) is 6.36. The van der Waals surface area contributed by atoms with Crippen LogP contribution in [0.15, 0.2) is 4.99 Å². The number of amides is 1. The maximum Gasteiger partial charge on any atom is 0.222 e. The molecule has 0 aromatic rings. The van der Waals surface area contributed by atoms with Crippen molar-refractivity contribution < 1.29 is 4.79 Å².